The van der Waals surface area contributed by atoms with E-state index in [1.54, 1.807) is 12.1 Å². The molecule has 4 N–H and O–H groups in total. The van der Waals surface area contributed by atoms with Crippen LogP contribution in [-0.2, 0) is 4.79 Å². The Morgan fingerprint density at radius 2 is 1.77 bits per heavy atom. The number of aliphatic hydroxyl groups excluding tert-OH is 1. The van der Waals surface area contributed by atoms with Crippen molar-refractivity contribution >= 4 is 18.3 Å². The zero-order valence-corrected chi connectivity index (χ0v) is 13.8. The molecular formula is C16H29N3O3. The lowest BCUT2D eigenvalue weighted by atomic mass is 10.2. The number of rotatable bonds is 8. The van der Waals surface area contributed by atoms with E-state index in [9.17, 15) is 9.59 Å². The molecule has 22 heavy (non-hydrogen) atoms. The van der Waals surface area contributed by atoms with Gasteiger partial charge in [0.25, 0.3) is 0 Å². The zero-order valence-electron chi connectivity index (χ0n) is 13.8. The van der Waals surface area contributed by atoms with Crippen molar-refractivity contribution in [3.63, 3.8) is 0 Å². The topological polar surface area (TPSA) is 95.7 Å². The number of nitrogens with one attached hydrogen (secondary N) is 1. The zero-order chi connectivity index (χ0) is 17.2. The number of benzene rings is 1. The van der Waals surface area contributed by atoms with Crippen LogP contribution in [0.2, 0.25) is 0 Å². The first-order valence-electron chi connectivity index (χ1n) is 7.17. The summed E-state index contributed by atoms with van der Waals surface area (Å²) in [6.07, 6.45) is 3.39. The standard InChI is InChI=1S/C8H9NO.C7H16N2O.CH4O/c1-9-8-4-2-7(6-10)3-5-8;1-9(6-4-8)5-2-3-7-10;1-2/h2-6,9H,1H3;7H,2-6,8H2,1H3;2H,1H3. The van der Waals surface area contributed by atoms with Crippen LogP contribution < -0.4 is 11.1 Å². The summed E-state index contributed by atoms with van der Waals surface area (Å²) in [4.78, 5) is 22.2. The molecule has 0 heterocycles. The van der Waals surface area contributed by atoms with Crippen LogP contribution in [0.3, 0.4) is 0 Å². The highest BCUT2D eigenvalue weighted by molar-refractivity contribution is 5.75. The molecule has 1 aromatic carbocycles. The SMILES string of the molecule is CN(CCN)CCCC=O.CNc1ccc(C=O)cc1.CO. The number of carbonyl (C=O) groups is 2. The molecule has 0 bridgehead atoms. The van der Waals surface area contributed by atoms with Crippen molar-refractivity contribution in [2.45, 2.75) is 12.8 Å². The second-order valence-corrected chi connectivity index (χ2v) is 4.39. The molecule has 0 aliphatic rings. The first kappa shape index (κ1) is 22.5. The second-order valence-electron chi connectivity index (χ2n) is 4.39. The summed E-state index contributed by atoms with van der Waals surface area (Å²) in [7, 11) is 4.85. The van der Waals surface area contributed by atoms with Gasteiger partial charge in [0.05, 0.1) is 0 Å². The van der Waals surface area contributed by atoms with E-state index in [-0.39, 0.29) is 0 Å². The van der Waals surface area contributed by atoms with Crippen LogP contribution in [0.4, 0.5) is 5.69 Å². The molecule has 0 aliphatic heterocycles. The molecule has 0 atom stereocenters. The third-order valence-electron chi connectivity index (χ3n) is 2.71. The molecule has 6 nitrogen and oxygen atoms in total. The number of hydrogen-bond acceptors (Lipinski definition) is 6. The summed E-state index contributed by atoms with van der Waals surface area (Å²) in [6, 6.07) is 7.28. The Bertz CT molecular complexity index is 369. The smallest absolute Gasteiger partial charge is 0.150 e. The molecule has 0 aromatic heterocycles. The van der Waals surface area contributed by atoms with Gasteiger partial charge in [-0.05, 0) is 44.3 Å². The Labute approximate surface area is 133 Å². The highest BCUT2D eigenvalue weighted by Gasteiger charge is 1.94. The van der Waals surface area contributed by atoms with Gasteiger partial charge >= 0.3 is 0 Å². The Hall–Kier alpha value is -1.76. The van der Waals surface area contributed by atoms with Gasteiger partial charge in [0.2, 0.25) is 0 Å². The molecule has 0 radical (unpaired) electrons. The minimum atomic E-state index is 0.662. The van der Waals surface area contributed by atoms with Crippen LogP contribution in [0.5, 0.6) is 0 Å². The van der Waals surface area contributed by atoms with E-state index in [0.29, 0.717) is 18.5 Å². The lowest BCUT2D eigenvalue weighted by molar-refractivity contribution is -0.108. The number of nitrogens with zero attached hydrogens (tertiary/aromatic N) is 1. The minimum absolute atomic E-state index is 0.662. The molecule has 6 heteroatoms. The molecule has 0 amide bonds. The Morgan fingerprint density at radius 1 is 1.18 bits per heavy atom. The summed E-state index contributed by atoms with van der Waals surface area (Å²) < 4.78 is 0. The monoisotopic (exact) mass is 311 g/mol. The number of likely N-dealkylation sites (N-methyl/N-ethyl adjacent to an activating group) is 1. The van der Waals surface area contributed by atoms with Crippen molar-refractivity contribution in [3.05, 3.63) is 29.8 Å². The summed E-state index contributed by atoms with van der Waals surface area (Å²) in [6.45, 7) is 2.58. The van der Waals surface area contributed by atoms with Gasteiger partial charge in [-0.1, -0.05) is 0 Å². The highest BCUT2D eigenvalue weighted by Crippen LogP contribution is 2.05. The maximum absolute atomic E-state index is 10.2. The van der Waals surface area contributed by atoms with Gasteiger partial charge in [0.1, 0.15) is 12.6 Å². The molecule has 1 aromatic rings. The van der Waals surface area contributed by atoms with Crippen LogP contribution >= 0.6 is 0 Å². The van der Waals surface area contributed by atoms with Crippen LogP contribution in [0.25, 0.3) is 0 Å². The maximum atomic E-state index is 10.2. The fourth-order valence-corrected chi connectivity index (χ4v) is 1.51. The van der Waals surface area contributed by atoms with E-state index in [4.69, 9.17) is 10.8 Å². The lowest BCUT2D eigenvalue weighted by Crippen LogP contribution is -2.26. The van der Waals surface area contributed by atoms with Crippen molar-refractivity contribution < 1.29 is 14.7 Å². The van der Waals surface area contributed by atoms with E-state index in [0.717, 1.165) is 44.9 Å². The summed E-state index contributed by atoms with van der Waals surface area (Å²) in [5.74, 6) is 0. The van der Waals surface area contributed by atoms with E-state index < -0.39 is 0 Å². The summed E-state index contributed by atoms with van der Waals surface area (Å²) in [5, 5.41) is 9.96. The average molecular weight is 311 g/mol. The second kappa shape index (κ2) is 17.3. The van der Waals surface area contributed by atoms with E-state index in [2.05, 4.69) is 10.2 Å². The average Bonchev–Trinajstić information content (AvgIpc) is 2.58. The number of carbonyl (C=O) groups excluding carboxylic acids is 2. The lowest BCUT2D eigenvalue weighted by Gasteiger charge is -2.13. The third-order valence-corrected chi connectivity index (χ3v) is 2.71. The van der Waals surface area contributed by atoms with Gasteiger partial charge in [0, 0.05) is 44.9 Å². The quantitative estimate of drug-likeness (QED) is 0.490. The molecule has 0 spiro atoms. The van der Waals surface area contributed by atoms with Gasteiger partial charge in [-0.15, -0.1) is 0 Å². The molecular weight excluding hydrogens is 282 g/mol. The first-order chi connectivity index (χ1) is 10.7. The number of aldehydes is 2. The number of nitrogens with two attached hydrogens (primary N) is 1. The summed E-state index contributed by atoms with van der Waals surface area (Å²) in [5.41, 5.74) is 7.05. The minimum Gasteiger partial charge on any atom is -0.400 e. The first-order valence-corrected chi connectivity index (χ1v) is 7.17. The molecule has 0 fully saturated rings. The normalized spacial score (nSPS) is 9.00. The van der Waals surface area contributed by atoms with Crippen LogP contribution in [-0.4, -0.2) is 63.4 Å². The van der Waals surface area contributed by atoms with Gasteiger partial charge in [0.15, 0.2) is 0 Å². The molecule has 0 aliphatic carbocycles. The number of unbranched alkanes of at least 4 members (excludes halogenated alkanes) is 1. The molecule has 0 unspecified atom stereocenters. The van der Waals surface area contributed by atoms with E-state index >= 15 is 0 Å². The van der Waals surface area contributed by atoms with Crippen molar-refractivity contribution in [2.24, 2.45) is 5.73 Å². The fourth-order valence-electron chi connectivity index (χ4n) is 1.51. The molecule has 126 valence electrons. The Morgan fingerprint density at radius 3 is 2.18 bits per heavy atom. The van der Waals surface area contributed by atoms with E-state index in [1.165, 1.54) is 0 Å². The predicted octanol–water partition coefficient (Wildman–Crippen LogP) is 1.01. The van der Waals surface area contributed by atoms with Gasteiger partial charge in [-0.25, -0.2) is 0 Å². The largest absolute Gasteiger partial charge is 0.400 e. The van der Waals surface area contributed by atoms with Gasteiger partial charge in [-0.2, -0.15) is 0 Å². The predicted molar refractivity (Wildman–Crippen MR) is 91.4 cm³/mol. The molecule has 0 saturated carbocycles. The fraction of sp³-hybridized carbons (Fsp3) is 0.500. The van der Waals surface area contributed by atoms with Crippen LogP contribution in [0.1, 0.15) is 23.2 Å². The van der Waals surface area contributed by atoms with Crippen molar-refractivity contribution in [3.8, 4) is 0 Å². The van der Waals surface area contributed by atoms with Crippen LogP contribution in [0, 0.1) is 0 Å². The van der Waals surface area contributed by atoms with Crippen molar-refractivity contribution in [1.82, 2.24) is 4.90 Å². The van der Waals surface area contributed by atoms with Gasteiger partial charge in [-0.3, -0.25) is 4.79 Å². The van der Waals surface area contributed by atoms with Crippen LogP contribution in [0.15, 0.2) is 24.3 Å². The highest BCUT2D eigenvalue weighted by atomic mass is 16.2. The van der Waals surface area contributed by atoms with Crippen molar-refractivity contribution in [2.75, 3.05) is 46.2 Å². The Balaban J connectivity index is 0. The van der Waals surface area contributed by atoms with Crippen molar-refractivity contribution in [1.29, 1.82) is 0 Å². The summed E-state index contributed by atoms with van der Waals surface area (Å²) >= 11 is 0. The van der Waals surface area contributed by atoms with Gasteiger partial charge < -0.3 is 25.9 Å². The molecule has 1 rings (SSSR count). The Kier molecular flexibility index (Phi) is 17.7. The number of aliphatic hydroxyl groups is 1. The third kappa shape index (κ3) is 13.2. The van der Waals surface area contributed by atoms with E-state index in [1.807, 2.05) is 26.2 Å². The number of anilines is 1. The molecule has 0 saturated heterocycles. The maximum Gasteiger partial charge on any atom is 0.150 e. The number of hydrogen-bond donors (Lipinski definition) is 3.